The van der Waals surface area contributed by atoms with Gasteiger partial charge in [0, 0.05) is 16.8 Å². The number of nitrogens with zero attached hydrogens (tertiary/aromatic N) is 1. The Labute approximate surface area is 136 Å². The number of rotatable bonds is 3. The molecule has 118 valence electrons. The smallest absolute Gasteiger partial charge is 0.244 e. The number of amides is 1. The van der Waals surface area contributed by atoms with Crippen molar-refractivity contribution >= 4 is 33.3 Å². The molecule has 0 aliphatic carbocycles. The predicted octanol–water partition coefficient (Wildman–Crippen LogP) is 2.75. The van der Waals surface area contributed by atoms with Gasteiger partial charge >= 0.3 is 0 Å². The molecule has 1 fully saturated rings. The Morgan fingerprint density at radius 3 is 3.04 bits per heavy atom. The quantitative estimate of drug-likeness (QED) is 0.689. The lowest BCUT2D eigenvalue weighted by Gasteiger charge is -2.07. The molecule has 3 N–H and O–H groups in total. The first-order valence-corrected chi connectivity index (χ1v) is 8.33. The minimum absolute atomic E-state index is 0.0765. The van der Waals surface area contributed by atoms with Gasteiger partial charge in [0.1, 0.15) is 17.3 Å². The third-order valence-electron chi connectivity index (χ3n) is 3.82. The van der Waals surface area contributed by atoms with Crippen LogP contribution in [0.4, 0.5) is 5.13 Å². The molecular weight excluding hydrogens is 312 g/mol. The maximum Gasteiger partial charge on any atom is 0.244 e. The summed E-state index contributed by atoms with van der Waals surface area (Å²) >= 11 is 1.39. The van der Waals surface area contributed by atoms with Crippen molar-refractivity contribution in [1.82, 2.24) is 15.8 Å². The van der Waals surface area contributed by atoms with Crippen molar-refractivity contribution in [2.45, 2.75) is 25.4 Å². The van der Waals surface area contributed by atoms with E-state index in [1.807, 2.05) is 42.6 Å². The van der Waals surface area contributed by atoms with Crippen molar-refractivity contribution < 1.29 is 9.21 Å². The largest absolute Gasteiger partial charge is 0.454 e. The molecule has 2 aromatic heterocycles. The average Bonchev–Trinajstić information content (AvgIpc) is 3.25. The lowest BCUT2D eigenvalue weighted by Crippen LogP contribution is -2.39. The molecule has 6 nitrogen and oxygen atoms in total. The number of hydrazine groups is 1. The Hall–Kier alpha value is -2.22. The zero-order valence-corrected chi connectivity index (χ0v) is 13.3. The van der Waals surface area contributed by atoms with Crippen LogP contribution in [-0.2, 0) is 4.79 Å². The molecule has 2 atom stereocenters. The molecule has 1 aromatic carbocycles. The van der Waals surface area contributed by atoms with Gasteiger partial charge in [0.15, 0.2) is 10.9 Å². The molecule has 3 aromatic rings. The van der Waals surface area contributed by atoms with Gasteiger partial charge in [0.2, 0.25) is 5.91 Å². The normalized spacial score (nSPS) is 20.9. The number of anilines is 1. The van der Waals surface area contributed by atoms with Crippen molar-refractivity contribution in [3.8, 4) is 11.5 Å². The number of furan rings is 1. The molecule has 1 amide bonds. The number of hydrogen-bond donors (Lipinski definition) is 3. The molecule has 0 bridgehead atoms. The van der Waals surface area contributed by atoms with Crippen LogP contribution in [0.2, 0.25) is 0 Å². The second-order valence-electron chi connectivity index (χ2n) is 5.65. The summed E-state index contributed by atoms with van der Waals surface area (Å²) in [6.45, 7) is 2.03. The zero-order chi connectivity index (χ0) is 15.8. The van der Waals surface area contributed by atoms with E-state index in [1.165, 1.54) is 11.3 Å². The molecule has 2 unspecified atom stereocenters. The second kappa shape index (κ2) is 5.77. The number of fused-ring (bicyclic) bond motifs is 1. The van der Waals surface area contributed by atoms with Crippen LogP contribution in [0.25, 0.3) is 22.4 Å². The van der Waals surface area contributed by atoms with Gasteiger partial charge in [0.25, 0.3) is 0 Å². The van der Waals surface area contributed by atoms with E-state index in [0.717, 1.165) is 23.1 Å². The minimum Gasteiger partial charge on any atom is -0.454 e. The molecule has 3 heterocycles. The number of aromatic nitrogens is 1. The number of hydrogen-bond acceptors (Lipinski definition) is 6. The highest BCUT2D eigenvalue weighted by atomic mass is 32.1. The number of carbonyl (C=O) groups is 1. The highest BCUT2D eigenvalue weighted by Crippen LogP contribution is 2.30. The summed E-state index contributed by atoms with van der Waals surface area (Å²) in [6, 6.07) is 9.84. The highest BCUT2D eigenvalue weighted by molar-refractivity contribution is 7.14. The molecule has 0 radical (unpaired) electrons. The van der Waals surface area contributed by atoms with Crippen LogP contribution < -0.4 is 16.2 Å². The summed E-state index contributed by atoms with van der Waals surface area (Å²) in [6.07, 6.45) is 0.758. The molecular formula is C16H16N4O2S. The van der Waals surface area contributed by atoms with E-state index >= 15 is 0 Å². The molecule has 1 saturated heterocycles. The van der Waals surface area contributed by atoms with Gasteiger partial charge in [-0.05, 0) is 25.5 Å². The van der Waals surface area contributed by atoms with Crippen LogP contribution in [0.5, 0.6) is 0 Å². The third-order valence-corrected chi connectivity index (χ3v) is 4.58. The van der Waals surface area contributed by atoms with Crippen LogP contribution in [0.3, 0.4) is 0 Å². The first-order chi connectivity index (χ1) is 11.2. The lowest BCUT2D eigenvalue weighted by atomic mass is 10.1. The molecule has 0 saturated carbocycles. The summed E-state index contributed by atoms with van der Waals surface area (Å²) in [5.41, 5.74) is 7.58. The van der Waals surface area contributed by atoms with Crippen LogP contribution in [0.1, 0.15) is 13.3 Å². The molecule has 7 heteroatoms. The van der Waals surface area contributed by atoms with Crippen molar-refractivity contribution in [3.05, 3.63) is 35.7 Å². The van der Waals surface area contributed by atoms with Crippen LogP contribution in [0.15, 0.2) is 40.1 Å². The summed E-state index contributed by atoms with van der Waals surface area (Å²) in [5.74, 6) is 0.629. The standard InChI is InChI=1S/C16H16N4O2S/c1-9-6-11(20-19-9)15(21)18-16-17-12(8-23-16)14-7-10-4-2-3-5-13(10)22-14/h2-5,7-9,11,19-20H,6H2,1H3,(H,17,18,21). The Morgan fingerprint density at radius 1 is 1.39 bits per heavy atom. The van der Waals surface area contributed by atoms with Crippen molar-refractivity contribution in [3.63, 3.8) is 0 Å². The van der Waals surface area contributed by atoms with Crippen molar-refractivity contribution in [2.24, 2.45) is 0 Å². The fourth-order valence-corrected chi connectivity index (χ4v) is 3.33. The Morgan fingerprint density at radius 2 is 2.26 bits per heavy atom. The van der Waals surface area contributed by atoms with E-state index in [-0.39, 0.29) is 18.0 Å². The number of carbonyl (C=O) groups excluding carboxylic acids is 1. The molecule has 1 aliphatic rings. The first kappa shape index (κ1) is 14.4. The molecule has 23 heavy (non-hydrogen) atoms. The number of thiazole rings is 1. The van der Waals surface area contributed by atoms with Crippen molar-refractivity contribution in [1.29, 1.82) is 0 Å². The highest BCUT2D eigenvalue weighted by Gasteiger charge is 2.27. The molecule has 4 rings (SSSR count). The predicted molar refractivity (Wildman–Crippen MR) is 90.1 cm³/mol. The Bertz CT molecular complexity index is 824. The monoisotopic (exact) mass is 328 g/mol. The fraction of sp³-hybridized carbons (Fsp3) is 0.250. The second-order valence-corrected chi connectivity index (χ2v) is 6.51. The average molecular weight is 328 g/mol. The van der Waals surface area contributed by atoms with Gasteiger partial charge in [-0.1, -0.05) is 18.2 Å². The Balaban J connectivity index is 1.51. The van der Waals surface area contributed by atoms with Gasteiger partial charge in [-0.25, -0.2) is 10.4 Å². The summed E-state index contributed by atoms with van der Waals surface area (Å²) in [7, 11) is 0. The van der Waals surface area contributed by atoms with Crippen LogP contribution in [-0.4, -0.2) is 23.0 Å². The van der Waals surface area contributed by atoms with E-state index in [9.17, 15) is 4.79 Å². The molecule has 0 spiro atoms. The summed E-state index contributed by atoms with van der Waals surface area (Å²) < 4.78 is 5.80. The maximum atomic E-state index is 12.2. The first-order valence-electron chi connectivity index (χ1n) is 7.45. The SMILES string of the molecule is CC1CC(C(=O)Nc2nc(-c3cc4ccccc4o3)cs2)NN1. The Kier molecular flexibility index (Phi) is 3.60. The van der Waals surface area contributed by atoms with Crippen molar-refractivity contribution in [2.75, 3.05) is 5.32 Å². The number of nitrogens with one attached hydrogen (secondary N) is 3. The van der Waals surface area contributed by atoms with Gasteiger partial charge in [-0.15, -0.1) is 11.3 Å². The third kappa shape index (κ3) is 2.86. The van der Waals surface area contributed by atoms with E-state index in [0.29, 0.717) is 10.9 Å². The summed E-state index contributed by atoms with van der Waals surface area (Å²) in [5, 5.41) is 6.35. The number of para-hydroxylation sites is 1. The van der Waals surface area contributed by atoms with E-state index in [4.69, 9.17) is 4.42 Å². The maximum absolute atomic E-state index is 12.2. The van der Waals surface area contributed by atoms with Gasteiger partial charge in [-0.2, -0.15) is 0 Å². The van der Waals surface area contributed by atoms with Crippen LogP contribution >= 0.6 is 11.3 Å². The topological polar surface area (TPSA) is 79.2 Å². The summed E-state index contributed by atoms with van der Waals surface area (Å²) in [4.78, 5) is 16.6. The van der Waals surface area contributed by atoms with E-state index in [2.05, 4.69) is 21.2 Å². The van der Waals surface area contributed by atoms with E-state index in [1.54, 1.807) is 0 Å². The fourth-order valence-electron chi connectivity index (χ4n) is 2.63. The zero-order valence-electron chi connectivity index (χ0n) is 12.5. The molecule has 1 aliphatic heterocycles. The van der Waals surface area contributed by atoms with Gasteiger partial charge in [0.05, 0.1) is 0 Å². The van der Waals surface area contributed by atoms with Crippen LogP contribution in [0, 0.1) is 0 Å². The van der Waals surface area contributed by atoms with Gasteiger partial charge < -0.3 is 9.73 Å². The number of benzene rings is 1. The van der Waals surface area contributed by atoms with E-state index < -0.39 is 0 Å². The minimum atomic E-state index is -0.233. The van der Waals surface area contributed by atoms with Gasteiger partial charge in [-0.3, -0.25) is 10.2 Å². The lowest BCUT2D eigenvalue weighted by molar-refractivity contribution is -0.117.